The summed E-state index contributed by atoms with van der Waals surface area (Å²) in [5.74, 6) is -0.881. The molecular formula is C13H16N2O2. The SMILES string of the molecule is CCCCN(CC(=O)O)c1ccccc1C#N. The van der Waals surface area contributed by atoms with Crippen molar-refractivity contribution in [3.8, 4) is 6.07 Å². The first-order chi connectivity index (χ1) is 8.19. The molecule has 0 amide bonds. The zero-order valence-electron chi connectivity index (χ0n) is 9.89. The maximum absolute atomic E-state index is 10.8. The van der Waals surface area contributed by atoms with Gasteiger partial charge in [-0.2, -0.15) is 5.26 Å². The Labute approximate surface area is 101 Å². The van der Waals surface area contributed by atoms with Gasteiger partial charge in [-0.15, -0.1) is 0 Å². The van der Waals surface area contributed by atoms with Crippen LogP contribution in [0.15, 0.2) is 24.3 Å². The molecule has 0 atom stereocenters. The zero-order chi connectivity index (χ0) is 12.7. The summed E-state index contributed by atoms with van der Waals surface area (Å²) in [4.78, 5) is 12.6. The highest BCUT2D eigenvalue weighted by atomic mass is 16.4. The van der Waals surface area contributed by atoms with Crippen LogP contribution in [0.5, 0.6) is 0 Å². The van der Waals surface area contributed by atoms with E-state index in [1.807, 2.05) is 6.07 Å². The Bertz CT molecular complexity index is 424. The molecule has 4 heteroatoms. The second-order valence-electron chi connectivity index (χ2n) is 3.80. The van der Waals surface area contributed by atoms with E-state index in [-0.39, 0.29) is 6.54 Å². The molecule has 0 saturated heterocycles. The van der Waals surface area contributed by atoms with Crippen molar-refractivity contribution >= 4 is 11.7 Å². The van der Waals surface area contributed by atoms with E-state index in [9.17, 15) is 4.79 Å². The fourth-order valence-corrected chi connectivity index (χ4v) is 1.64. The van der Waals surface area contributed by atoms with Crippen molar-refractivity contribution in [2.75, 3.05) is 18.0 Å². The number of para-hydroxylation sites is 1. The number of rotatable bonds is 6. The monoisotopic (exact) mass is 232 g/mol. The lowest BCUT2D eigenvalue weighted by Crippen LogP contribution is -2.31. The summed E-state index contributed by atoms with van der Waals surface area (Å²) in [5.41, 5.74) is 1.22. The summed E-state index contributed by atoms with van der Waals surface area (Å²) in [5, 5.41) is 17.9. The van der Waals surface area contributed by atoms with Crippen molar-refractivity contribution in [3.05, 3.63) is 29.8 Å². The fourth-order valence-electron chi connectivity index (χ4n) is 1.64. The number of unbranched alkanes of at least 4 members (excludes halogenated alkanes) is 1. The van der Waals surface area contributed by atoms with Gasteiger partial charge in [-0.3, -0.25) is 4.79 Å². The average molecular weight is 232 g/mol. The lowest BCUT2D eigenvalue weighted by Gasteiger charge is -2.23. The Hall–Kier alpha value is -2.02. The number of hydrogen-bond donors (Lipinski definition) is 1. The van der Waals surface area contributed by atoms with Gasteiger partial charge in [-0.25, -0.2) is 0 Å². The standard InChI is InChI=1S/C13H16N2O2/c1-2-3-8-15(10-13(16)17)12-7-5-4-6-11(12)9-14/h4-7H,2-3,8,10H2,1H3,(H,16,17). The summed E-state index contributed by atoms with van der Waals surface area (Å²) < 4.78 is 0. The lowest BCUT2D eigenvalue weighted by atomic mass is 10.1. The smallest absolute Gasteiger partial charge is 0.323 e. The molecule has 1 N–H and O–H groups in total. The molecule has 0 bridgehead atoms. The molecule has 0 aliphatic rings. The molecule has 0 spiro atoms. The molecule has 0 heterocycles. The highest BCUT2D eigenvalue weighted by molar-refractivity contribution is 5.75. The van der Waals surface area contributed by atoms with Gasteiger partial charge in [0.25, 0.3) is 0 Å². The highest BCUT2D eigenvalue weighted by Crippen LogP contribution is 2.19. The Morgan fingerprint density at radius 2 is 2.18 bits per heavy atom. The van der Waals surface area contributed by atoms with E-state index in [0.717, 1.165) is 12.8 Å². The molecule has 1 aromatic rings. The summed E-state index contributed by atoms with van der Waals surface area (Å²) in [6.45, 7) is 2.63. The van der Waals surface area contributed by atoms with Gasteiger partial charge in [0.05, 0.1) is 11.3 Å². The third-order valence-corrected chi connectivity index (χ3v) is 2.47. The maximum Gasteiger partial charge on any atom is 0.323 e. The highest BCUT2D eigenvalue weighted by Gasteiger charge is 2.13. The van der Waals surface area contributed by atoms with Gasteiger partial charge in [0.2, 0.25) is 0 Å². The first-order valence-corrected chi connectivity index (χ1v) is 5.65. The predicted molar refractivity (Wildman–Crippen MR) is 65.9 cm³/mol. The van der Waals surface area contributed by atoms with E-state index in [1.165, 1.54) is 0 Å². The van der Waals surface area contributed by atoms with E-state index in [2.05, 4.69) is 13.0 Å². The van der Waals surface area contributed by atoms with E-state index in [1.54, 1.807) is 23.1 Å². The van der Waals surface area contributed by atoms with Gasteiger partial charge in [0.1, 0.15) is 12.6 Å². The summed E-state index contributed by atoms with van der Waals surface area (Å²) in [6.07, 6.45) is 1.90. The van der Waals surface area contributed by atoms with Crippen LogP contribution in [-0.2, 0) is 4.79 Å². The van der Waals surface area contributed by atoms with Crippen LogP contribution in [0.3, 0.4) is 0 Å². The molecule has 0 unspecified atom stereocenters. The molecule has 0 aromatic heterocycles. The molecule has 0 radical (unpaired) electrons. The molecule has 0 saturated carbocycles. The number of carbonyl (C=O) groups is 1. The average Bonchev–Trinajstić information content (AvgIpc) is 2.34. The fraction of sp³-hybridized carbons (Fsp3) is 0.385. The molecular weight excluding hydrogens is 216 g/mol. The van der Waals surface area contributed by atoms with Gasteiger partial charge in [-0.05, 0) is 18.6 Å². The van der Waals surface area contributed by atoms with E-state index < -0.39 is 5.97 Å². The minimum Gasteiger partial charge on any atom is -0.480 e. The number of carboxylic acids is 1. The summed E-state index contributed by atoms with van der Waals surface area (Å²) in [6, 6.07) is 9.18. The quantitative estimate of drug-likeness (QED) is 0.817. The third-order valence-electron chi connectivity index (χ3n) is 2.47. The number of nitrogens with zero attached hydrogens (tertiary/aromatic N) is 2. The van der Waals surface area contributed by atoms with Crippen molar-refractivity contribution in [2.24, 2.45) is 0 Å². The zero-order valence-corrected chi connectivity index (χ0v) is 9.89. The second kappa shape index (κ2) is 6.54. The van der Waals surface area contributed by atoms with Crippen LogP contribution in [0.2, 0.25) is 0 Å². The van der Waals surface area contributed by atoms with Crippen molar-refractivity contribution in [1.29, 1.82) is 5.26 Å². The Kier molecular flexibility index (Phi) is 5.02. The summed E-state index contributed by atoms with van der Waals surface area (Å²) in [7, 11) is 0. The van der Waals surface area contributed by atoms with E-state index in [4.69, 9.17) is 10.4 Å². The van der Waals surface area contributed by atoms with Gasteiger partial charge in [-0.1, -0.05) is 25.5 Å². The first-order valence-electron chi connectivity index (χ1n) is 5.65. The minimum atomic E-state index is -0.881. The molecule has 1 rings (SSSR count). The largest absolute Gasteiger partial charge is 0.480 e. The molecule has 0 aliphatic carbocycles. The van der Waals surface area contributed by atoms with Gasteiger partial charge >= 0.3 is 5.97 Å². The van der Waals surface area contributed by atoms with Crippen LogP contribution in [0, 0.1) is 11.3 Å². The Morgan fingerprint density at radius 3 is 2.76 bits per heavy atom. The number of benzene rings is 1. The predicted octanol–water partition coefficient (Wildman–Crippen LogP) is 2.25. The molecule has 1 aromatic carbocycles. The molecule has 90 valence electrons. The number of hydrogen-bond acceptors (Lipinski definition) is 3. The van der Waals surface area contributed by atoms with Crippen molar-refractivity contribution in [3.63, 3.8) is 0 Å². The lowest BCUT2D eigenvalue weighted by molar-refractivity contribution is -0.135. The Morgan fingerprint density at radius 1 is 1.47 bits per heavy atom. The number of nitriles is 1. The van der Waals surface area contributed by atoms with Crippen LogP contribution in [0.4, 0.5) is 5.69 Å². The summed E-state index contributed by atoms with van der Waals surface area (Å²) >= 11 is 0. The maximum atomic E-state index is 10.8. The second-order valence-corrected chi connectivity index (χ2v) is 3.80. The van der Waals surface area contributed by atoms with Gasteiger partial charge in [0, 0.05) is 6.54 Å². The third kappa shape index (κ3) is 3.80. The van der Waals surface area contributed by atoms with Crippen LogP contribution in [0.1, 0.15) is 25.3 Å². The molecule has 4 nitrogen and oxygen atoms in total. The van der Waals surface area contributed by atoms with Crippen LogP contribution < -0.4 is 4.90 Å². The molecule has 0 fully saturated rings. The minimum absolute atomic E-state index is 0.0707. The number of anilines is 1. The normalized spacial score (nSPS) is 9.65. The van der Waals surface area contributed by atoms with Crippen LogP contribution in [0.25, 0.3) is 0 Å². The van der Waals surface area contributed by atoms with Gasteiger partial charge in [0.15, 0.2) is 0 Å². The first kappa shape index (κ1) is 13.0. The molecule has 0 aliphatic heterocycles. The molecule has 17 heavy (non-hydrogen) atoms. The van der Waals surface area contributed by atoms with Gasteiger partial charge < -0.3 is 10.0 Å². The van der Waals surface area contributed by atoms with Crippen molar-refractivity contribution in [2.45, 2.75) is 19.8 Å². The Balaban J connectivity index is 2.95. The van der Waals surface area contributed by atoms with E-state index >= 15 is 0 Å². The number of aliphatic carboxylic acids is 1. The topological polar surface area (TPSA) is 64.3 Å². The van der Waals surface area contributed by atoms with Crippen molar-refractivity contribution < 1.29 is 9.90 Å². The van der Waals surface area contributed by atoms with Crippen molar-refractivity contribution in [1.82, 2.24) is 0 Å². The van der Waals surface area contributed by atoms with Crippen LogP contribution in [-0.4, -0.2) is 24.2 Å². The van der Waals surface area contributed by atoms with E-state index in [0.29, 0.717) is 17.8 Å². The van der Waals surface area contributed by atoms with Crippen LogP contribution >= 0.6 is 0 Å². The number of carboxylic acid groups (broad SMARTS) is 1.